The first kappa shape index (κ1) is 13.0. The van der Waals surface area contributed by atoms with Gasteiger partial charge >= 0.3 is 5.97 Å². The molecule has 1 N–H and O–H groups in total. The normalized spacial score (nSPS) is 11.1. The summed E-state index contributed by atoms with van der Waals surface area (Å²) in [6.45, 7) is 3.64. The number of rotatable bonds is 4. The molecule has 0 saturated carbocycles. The summed E-state index contributed by atoms with van der Waals surface area (Å²) in [6.07, 6.45) is 4.28. The van der Waals surface area contributed by atoms with Crippen molar-refractivity contribution >= 4 is 11.9 Å². The predicted octanol–water partition coefficient (Wildman–Crippen LogP) is 0.617. The molecule has 1 heterocycles. The molecule has 0 unspecified atom stereocenters. The fourth-order valence-corrected chi connectivity index (χ4v) is 1.19. The molecular formula is C11H15N3O3. The lowest BCUT2D eigenvalue weighted by atomic mass is 10.3. The van der Waals surface area contributed by atoms with Crippen LogP contribution in [0.25, 0.3) is 0 Å². The zero-order chi connectivity index (χ0) is 12.8. The summed E-state index contributed by atoms with van der Waals surface area (Å²) in [5.74, 6) is -0.785. The number of aryl methyl sites for hydroxylation is 1. The first-order valence-electron chi connectivity index (χ1n) is 5.18. The summed E-state index contributed by atoms with van der Waals surface area (Å²) in [4.78, 5) is 22.8. The topological polar surface area (TPSA) is 73.2 Å². The van der Waals surface area contributed by atoms with Gasteiger partial charge in [-0.2, -0.15) is 5.10 Å². The minimum absolute atomic E-state index is 0.305. The quantitative estimate of drug-likeness (QED) is 0.615. The van der Waals surface area contributed by atoms with Gasteiger partial charge in [-0.25, -0.2) is 4.79 Å². The van der Waals surface area contributed by atoms with E-state index in [9.17, 15) is 9.59 Å². The number of aromatic nitrogens is 2. The summed E-state index contributed by atoms with van der Waals surface area (Å²) in [7, 11) is 1.72. The Morgan fingerprint density at radius 2 is 2.29 bits per heavy atom. The Hall–Kier alpha value is -2.11. The van der Waals surface area contributed by atoms with E-state index < -0.39 is 5.97 Å². The van der Waals surface area contributed by atoms with Gasteiger partial charge in [0.1, 0.15) is 0 Å². The summed E-state index contributed by atoms with van der Waals surface area (Å²) >= 11 is 0. The third-order valence-corrected chi connectivity index (χ3v) is 1.90. The van der Waals surface area contributed by atoms with Crippen molar-refractivity contribution in [3.63, 3.8) is 0 Å². The second-order valence-electron chi connectivity index (χ2n) is 3.44. The molecule has 1 aromatic heterocycles. The molecule has 0 aliphatic heterocycles. The minimum Gasteiger partial charge on any atom is -0.463 e. The molecule has 6 nitrogen and oxygen atoms in total. The molecule has 0 fully saturated rings. The van der Waals surface area contributed by atoms with Gasteiger partial charge in [0, 0.05) is 25.0 Å². The Labute approximate surface area is 99.3 Å². The highest BCUT2D eigenvalue weighted by Gasteiger charge is 2.08. The fraction of sp³-hybridized carbons (Fsp3) is 0.364. The Kier molecular flexibility index (Phi) is 4.45. The first-order chi connectivity index (χ1) is 8.02. The standard InChI is InChI=1S/C11H15N3O3/c1-4-17-10(15)5-8(2)13-11(16)9-6-12-14(3)7-9/h5-7H,4H2,1-3H3,(H,13,16)/b8-5+. The van der Waals surface area contributed by atoms with Gasteiger partial charge in [-0.15, -0.1) is 0 Å². The van der Waals surface area contributed by atoms with E-state index in [4.69, 9.17) is 4.74 Å². The fourth-order valence-electron chi connectivity index (χ4n) is 1.19. The number of hydrogen-bond acceptors (Lipinski definition) is 4. The monoisotopic (exact) mass is 237 g/mol. The Balaban J connectivity index is 2.60. The maximum atomic E-state index is 11.7. The van der Waals surface area contributed by atoms with Gasteiger partial charge in [0.05, 0.1) is 18.4 Å². The number of nitrogens with zero attached hydrogens (tertiary/aromatic N) is 2. The lowest BCUT2D eigenvalue weighted by Crippen LogP contribution is -2.21. The van der Waals surface area contributed by atoms with E-state index in [1.54, 1.807) is 27.1 Å². The number of nitrogens with one attached hydrogen (secondary N) is 1. The van der Waals surface area contributed by atoms with Crippen molar-refractivity contribution in [1.29, 1.82) is 0 Å². The van der Waals surface area contributed by atoms with Crippen molar-refractivity contribution in [2.45, 2.75) is 13.8 Å². The van der Waals surface area contributed by atoms with Gasteiger partial charge in [0.25, 0.3) is 5.91 Å². The molecule has 0 aliphatic rings. The van der Waals surface area contributed by atoms with Crippen LogP contribution in [0.3, 0.4) is 0 Å². The van der Waals surface area contributed by atoms with Crippen LogP contribution in [0.5, 0.6) is 0 Å². The summed E-state index contributed by atoms with van der Waals surface area (Å²) < 4.78 is 6.25. The van der Waals surface area contributed by atoms with E-state index >= 15 is 0 Å². The molecule has 0 atom stereocenters. The second-order valence-corrected chi connectivity index (χ2v) is 3.44. The predicted molar refractivity (Wildman–Crippen MR) is 61.1 cm³/mol. The SMILES string of the molecule is CCOC(=O)/C=C(\C)NC(=O)c1cnn(C)c1. The molecule has 0 radical (unpaired) electrons. The average molecular weight is 237 g/mol. The van der Waals surface area contributed by atoms with Crippen LogP contribution >= 0.6 is 0 Å². The Morgan fingerprint density at radius 1 is 1.59 bits per heavy atom. The number of allylic oxidation sites excluding steroid dienone is 1. The zero-order valence-corrected chi connectivity index (χ0v) is 10.1. The van der Waals surface area contributed by atoms with E-state index in [-0.39, 0.29) is 5.91 Å². The van der Waals surface area contributed by atoms with Gasteiger partial charge in [-0.3, -0.25) is 9.48 Å². The second kappa shape index (κ2) is 5.83. The summed E-state index contributed by atoms with van der Waals surface area (Å²) in [6, 6.07) is 0. The number of ether oxygens (including phenoxy) is 1. The third-order valence-electron chi connectivity index (χ3n) is 1.90. The summed E-state index contributed by atoms with van der Waals surface area (Å²) in [5.41, 5.74) is 0.862. The molecule has 17 heavy (non-hydrogen) atoms. The van der Waals surface area contributed by atoms with Crippen molar-refractivity contribution in [3.8, 4) is 0 Å². The van der Waals surface area contributed by atoms with Gasteiger partial charge in [0.15, 0.2) is 0 Å². The molecule has 92 valence electrons. The van der Waals surface area contributed by atoms with E-state index in [0.29, 0.717) is 17.9 Å². The molecule has 0 bridgehead atoms. The average Bonchev–Trinajstić information content (AvgIpc) is 2.64. The summed E-state index contributed by atoms with van der Waals surface area (Å²) in [5, 5.41) is 6.45. The molecule has 0 aromatic carbocycles. The zero-order valence-electron chi connectivity index (χ0n) is 10.1. The smallest absolute Gasteiger partial charge is 0.332 e. The Morgan fingerprint density at radius 3 is 2.82 bits per heavy atom. The number of carbonyl (C=O) groups is 2. The van der Waals surface area contributed by atoms with Gasteiger partial charge in [0.2, 0.25) is 0 Å². The molecule has 1 rings (SSSR count). The highest BCUT2D eigenvalue weighted by Crippen LogP contribution is 1.98. The molecule has 0 saturated heterocycles. The van der Waals surface area contributed by atoms with Crippen LogP contribution in [0.15, 0.2) is 24.2 Å². The van der Waals surface area contributed by atoms with Crippen LogP contribution in [-0.2, 0) is 16.6 Å². The van der Waals surface area contributed by atoms with Crippen LogP contribution in [0.1, 0.15) is 24.2 Å². The van der Waals surface area contributed by atoms with Gasteiger partial charge < -0.3 is 10.1 Å². The maximum absolute atomic E-state index is 11.7. The maximum Gasteiger partial charge on any atom is 0.332 e. The lowest BCUT2D eigenvalue weighted by Gasteiger charge is -2.03. The molecular weight excluding hydrogens is 222 g/mol. The molecule has 0 spiro atoms. The van der Waals surface area contributed by atoms with Crippen LogP contribution in [0.2, 0.25) is 0 Å². The van der Waals surface area contributed by atoms with Crippen LogP contribution in [0.4, 0.5) is 0 Å². The number of esters is 1. The number of hydrogen-bond donors (Lipinski definition) is 1. The largest absolute Gasteiger partial charge is 0.463 e. The highest BCUT2D eigenvalue weighted by molar-refractivity contribution is 5.95. The van der Waals surface area contributed by atoms with Crippen molar-refractivity contribution in [1.82, 2.24) is 15.1 Å². The van der Waals surface area contributed by atoms with E-state index in [0.717, 1.165) is 0 Å². The highest BCUT2D eigenvalue weighted by atomic mass is 16.5. The number of amides is 1. The molecule has 6 heteroatoms. The van der Waals surface area contributed by atoms with Crippen molar-refractivity contribution in [2.24, 2.45) is 7.05 Å². The Bertz CT molecular complexity index is 449. The molecule has 1 aromatic rings. The third kappa shape index (κ3) is 4.10. The molecule has 0 aliphatic carbocycles. The van der Waals surface area contributed by atoms with Crippen molar-refractivity contribution in [2.75, 3.05) is 6.61 Å². The van der Waals surface area contributed by atoms with Crippen LogP contribution < -0.4 is 5.32 Å². The van der Waals surface area contributed by atoms with E-state index in [1.165, 1.54) is 17.0 Å². The van der Waals surface area contributed by atoms with E-state index in [2.05, 4.69) is 10.4 Å². The number of carbonyl (C=O) groups excluding carboxylic acids is 2. The van der Waals surface area contributed by atoms with Crippen LogP contribution in [-0.4, -0.2) is 28.3 Å². The van der Waals surface area contributed by atoms with Crippen molar-refractivity contribution in [3.05, 3.63) is 29.7 Å². The minimum atomic E-state index is -0.475. The van der Waals surface area contributed by atoms with Gasteiger partial charge in [-0.1, -0.05) is 0 Å². The van der Waals surface area contributed by atoms with Gasteiger partial charge in [-0.05, 0) is 13.8 Å². The lowest BCUT2D eigenvalue weighted by molar-refractivity contribution is -0.137. The van der Waals surface area contributed by atoms with Crippen molar-refractivity contribution < 1.29 is 14.3 Å². The van der Waals surface area contributed by atoms with E-state index in [1.807, 2.05) is 0 Å². The first-order valence-corrected chi connectivity index (χ1v) is 5.18. The van der Waals surface area contributed by atoms with Crippen LogP contribution in [0, 0.1) is 0 Å². The molecule has 1 amide bonds.